The maximum atomic E-state index is 13.0. The van der Waals surface area contributed by atoms with E-state index in [1.54, 1.807) is 37.9 Å². The topological polar surface area (TPSA) is 109 Å². The molecule has 0 saturated carbocycles. The van der Waals surface area contributed by atoms with E-state index in [0.29, 0.717) is 30.9 Å². The summed E-state index contributed by atoms with van der Waals surface area (Å²) in [6.07, 6.45) is 2.25. The Balaban J connectivity index is 1.54. The molecule has 2 aromatic heterocycles. The van der Waals surface area contributed by atoms with Crippen molar-refractivity contribution in [3.63, 3.8) is 0 Å². The second kappa shape index (κ2) is 8.56. The number of aromatic nitrogens is 4. The number of likely N-dealkylation sites (tertiary alicyclic amines) is 1. The molecule has 184 valence electrons. The maximum absolute atomic E-state index is 13.0. The van der Waals surface area contributed by atoms with Crippen molar-refractivity contribution < 1.29 is 19.1 Å². The second-order valence-corrected chi connectivity index (χ2v) is 11.3. The van der Waals surface area contributed by atoms with Crippen LogP contribution in [0.3, 0.4) is 0 Å². The van der Waals surface area contributed by atoms with Gasteiger partial charge in [0.1, 0.15) is 11.3 Å². The molecule has 10 nitrogen and oxygen atoms in total. The molecular weight excluding hydrogens is 438 g/mol. The third-order valence-corrected chi connectivity index (χ3v) is 5.98. The van der Waals surface area contributed by atoms with Crippen LogP contribution in [0.5, 0.6) is 0 Å². The van der Waals surface area contributed by atoms with Gasteiger partial charge in [0.05, 0.1) is 11.6 Å². The number of hydrogen-bond donors (Lipinski definition) is 0. The molecule has 0 radical (unpaired) electrons. The number of fused-ring (bicyclic) bond motifs is 4. The van der Waals surface area contributed by atoms with Crippen molar-refractivity contribution in [1.29, 1.82) is 0 Å². The van der Waals surface area contributed by atoms with Crippen LogP contribution in [0.2, 0.25) is 0 Å². The summed E-state index contributed by atoms with van der Waals surface area (Å²) in [7, 11) is 0. The lowest BCUT2D eigenvalue weighted by atomic mass is 9.83. The van der Waals surface area contributed by atoms with Gasteiger partial charge in [0.25, 0.3) is 5.56 Å². The number of pyridine rings is 1. The third-order valence-electron chi connectivity index (χ3n) is 5.98. The summed E-state index contributed by atoms with van der Waals surface area (Å²) in [6, 6.07) is 3.52. The number of hydrogen-bond acceptors (Lipinski definition) is 7. The van der Waals surface area contributed by atoms with Gasteiger partial charge in [0, 0.05) is 42.9 Å². The highest BCUT2D eigenvalue weighted by Crippen LogP contribution is 2.36. The fourth-order valence-electron chi connectivity index (χ4n) is 4.42. The minimum Gasteiger partial charge on any atom is -0.444 e. The van der Waals surface area contributed by atoms with Gasteiger partial charge in [-0.3, -0.25) is 9.59 Å². The molecular formula is C24H33N5O5. The van der Waals surface area contributed by atoms with E-state index in [9.17, 15) is 14.4 Å². The molecule has 0 aliphatic carbocycles. The van der Waals surface area contributed by atoms with Gasteiger partial charge in [-0.1, -0.05) is 5.21 Å². The van der Waals surface area contributed by atoms with Crippen molar-refractivity contribution in [1.82, 2.24) is 24.5 Å². The zero-order valence-corrected chi connectivity index (χ0v) is 20.7. The van der Waals surface area contributed by atoms with Crippen molar-refractivity contribution in [2.24, 2.45) is 11.3 Å². The Hall–Kier alpha value is -3.17. The van der Waals surface area contributed by atoms with Crippen molar-refractivity contribution in [3.05, 3.63) is 34.4 Å². The van der Waals surface area contributed by atoms with Gasteiger partial charge in [-0.15, -0.1) is 5.10 Å². The summed E-state index contributed by atoms with van der Waals surface area (Å²) < 4.78 is 14.1. The first-order valence-electron chi connectivity index (χ1n) is 11.6. The fraction of sp³-hybridized carbons (Fsp3) is 0.625. The molecule has 2 aliphatic heterocycles. The van der Waals surface area contributed by atoms with Gasteiger partial charge in [-0.05, 0) is 59.9 Å². The first kappa shape index (κ1) is 24.0. The summed E-state index contributed by atoms with van der Waals surface area (Å²) in [5.74, 6) is -0.0888. The molecule has 2 aliphatic rings. The molecule has 1 saturated heterocycles. The third kappa shape index (κ3) is 5.15. The van der Waals surface area contributed by atoms with E-state index in [4.69, 9.17) is 9.47 Å². The van der Waals surface area contributed by atoms with E-state index in [0.717, 1.165) is 12.1 Å². The number of carbonyl (C=O) groups is 2. The zero-order chi connectivity index (χ0) is 24.8. The zero-order valence-electron chi connectivity index (χ0n) is 20.7. The molecule has 1 unspecified atom stereocenters. The lowest BCUT2D eigenvalue weighted by molar-refractivity contribution is -0.157. The summed E-state index contributed by atoms with van der Waals surface area (Å²) in [4.78, 5) is 39.4. The number of nitrogens with zero attached hydrogens (tertiary/aromatic N) is 5. The molecule has 10 heteroatoms. The average Bonchev–Trinajstić information content (AvgIpc) is 3.19. The molecule has 0 N–H and O–H groups in total. The van der Waals surface area contributed by atoms with Gasteiger partial charge >= 0.3 is 12.1 Å². The number of rotatable bonds is 3. The lowest BCUT2D eigenvalue weighted by Crippen LogP contribution is -2.50. The Morgan fingerprint density at radius 2 is 1.82 bits per heavy atom. The smallest absolute Gasteiger partial charge is 0.410 e. The number of carbonyl (C=O) groups excluding carboxylic acids is 2. The van der Waals surface area contributed by atoms with E-state index >= 15 is 0 Å². The standard InChI is InChI=1S/C24H33N5O5/c1-23(2,3)21(31)33-14-28-13-18(25-26-28)16-8-19-17-7-15(11-29(19)20(30)9-16)10-27(12-17)22(32)34-24(4,5)6/h8-9,13,15,17H,7,10-12,14H2,1-6H3/t15?,17-/m0/s1. The van der Waals surface area contributed by atoms with Gasteiger partial charge in [-0.2, -0.15) is 0 Å². The highest BCUT2D eigenvalue weighted by Gasteiger charge is 2.38. The van der Waals surface area contributed by atoms with Gasteiger partial charge in [0.2, 0.25) is 0 Å². The molecule has 2 aromatic rings. The van der Waals surface area contributed by atoms with Crippen molar-refractivity contribution >= 4 is 12.1 Å². The number of amides is 1. The molecule has 4 heterocycles. The minimum absolute atomic E-state index is 0.0375. The largest absolute Gasteiger partial charge is 0.444 e. The van der Waals surface area contributed by atoms with Gasteiger partial charge < -0.3 is 18.9 Å². The SMILES string of the molecule is CC(C)(C)OC(=O)N1CC2C[C@@H](C1)c1cc(-c3cn(COC(=O)C(C)(C)C)nn3)cc(=O)n1C2. The maximum Gasteiger partial charge on any atom is 0.410 e. The van der Waals surface area contributed by atoms with Crippen LogP contribution in [-0.2, 0) is 27.5 Å². The lowest BCUT2D eigenvalue weighted by Gasteiger charge is -2.43. The molecule has 2 bridgehead atoms. The molecule has 0 aromatic carbocycles. The summed E-state index contributed by atoms with van der Waals surface area (Å²) >= 11 is 0. The Bertz CT molecular complexity index is 1150. The highest BCUT2D eigenvalue weighted by molar-refractivity contribution is 5.75. The number of piperidine rings is 1. The van der Waals surface area contributed by atoms with Crippen LogP contribution in [0.1, 0.15) is 59.6 Å². The van der Waals surface area contributed by atoms with Crippen LogP contribution >= 0.6 is 0 Å². The van der Waals surface area contributed by atoms with E-state index in [2.05, 4.69) is 10.3 Å². The minimum atomic E-state index is -0.609. The Labute approximate surface area is 198 Å². The van der Waals surface area contributed by atoms with Crippen LogP contribution in [0.25, 0.3) is 11.3 Å². The van der Waals surface area contributed by atoms with E-state index < -0.39 is 11.0 Å². The van der Waals surface area contributed by atoms with Crippen LogP contribution in [0, 0.1) is 11.3 Å². The van der Waals surface area contributed by atoms with E-state index in [-0.39, 0.29) is 36.2 Å². The average molecular weight is 472 g/mol. The quantitative estimate of drug-likeness (QED) is 0.633. The predicted molar refractivity (Wildman–Crippen MR) is 124 cm³/mol. The number of esters is 1. The van der Waals surface area contributed by atoms with Crippen LogP contribution < -0.4 is 5.56 Å². The first-order valence-corrected chi connectivity index (χ1v) is 11.6. The van der Waals surface area contributed by atoms with Crippen LogP contribution in [0.15, 0.2) is 23.1 Å². The van der Waals surface area contributed by atoms with Gasteiger partial charge in [-0.25, -0.2) is 9.48 Å². The molecule has 4 rings (SSSR count). The molecule has 1 amide bonds. The van der Waals surface area contributed by atoms with E-state index in [1.165, 1.54) is 4.68 Å². The summed E-state index contributed by atoms with van der Waals surface area (Å²) in [5.41, 5.74) is 0.800. The molecule has 2 atom stereocenters. The Morgan fingerprint density at radius 3 is 2.50 bits per heavy atom. The normalized spacial score (nSPS) is 20.0. The molecule has 0 spiro atoms. The van der Waals surface area contributed by atoms with Crippen LogP contribution in [0.4, 0.5) is 4.79 Å². The highest BCUT2D eigenvalue weighted by atomic mass is 16.6. The first-order chi connectivity index (χ1) is 15.8. The van der Waals surface area contributed by atoms with Crippen LogP contribution in [-0.4, -0.2) is 55.2 Å². The molecule has 1 fully saturated rings. The van der Waals surface area contributed by atoms with Gasteiger partial charge in [0.15, 0.2) is 6.73 Å². The second-order valence-electron chi connectivity index (χ2n) is 11.3. The molecule has 34 heavy (non-hydrogen) atoms. The summed E-state index contributed by atoms with van der Waals surface area (Å²) in [5, 5.41) is 8.20. The van der Waals surface area contributed by atoms with E-state index in [1.807, 2.05) is 31.4 Å². The monoisotopic (exact) mass is 471 g/mol. The fourth-order valence-corrected chi connectivity index (χ4v) is 4.42. The Morgan fingerprint density at radius 1 is 1.09 bits per heavy atom. The number of ether oxygens (including phenoxy) is 2. The summed E-state index contributed by atoms with van der Waals surface area (Å²) in [6.45, 7) is 12.5. The van der Waals surface area contributed by atoms with Crippen molar-refractivity contribution in [3.8, 4) is 11.3 Å². The predicted octanol–water partition coefficient (Wildman–Crippen LogP) is 3.01. The van der Waals surface area contributed by atoms with Crippen molar-refractivity contribution in [2.45, 2.75) is 72.8 Å². The van der Waals surface area contributed by atoms with Crippen molar-refractivity contribution in [2.75, 3.05) is 13.1 Å². The Kier molecular flexibility index (Phi) is 6.03.